The van der Waals surface area contributed by atoms with E-state index in [2.05, 4.69) is 130 Å². The molecule has 0 heterocycles. The maximum absolute atomic E-state index is 8.92. The number of rotatable bonds is 14. The largest absolute Gasteiger partial charge is 0.210 e. The van der Waals surface area contributed by atoms with Crippen LogP contribution in [0.4, 0.5) is 0 Å². The number of unbranched alkanes of at least 4 members (excludes halogenated alkanes) is 3. The van der Waals surface area contributed by atoms with Gasteiger partial charge in [-0.05, 0) is 36.4 Å². The van der Waals surface area contributed by atoms with E-state index in [0.717, 1.165) is 5.75 Å². The van der Waals surface area contributed by atoms with E-state index in [9.17, 15) is 0 Å². The van der Waals surface area contributed by atoms with Crippen molar-refractivity contribution < 1.29 is 0 Å². The summed E-state index contributed by atoms with van der Waals surface area (Å²) in [4.78, 5) is 2.69. The summed E-state index contributed by atoms with van der Waals surface area (Å²) in [6.45, 7) is 6.97. The van der Waals surface area contributed by atoms with Crippen LogP contribution in [0.15, 0.2) is 125 Å². The zero-order valence-electron chi connectivity index (χ0n) is 25.5. The summed E-state index contributed by atoms with van der Waals surface area (Å²) in [7, 11) is 0.00631. The Bertz CT molecular complexity index is 1210. The van der Waals surface area contributed by atoms with E-state index < -0.39 is 0 Å². The van der Waals surface area contributed by atoms with Crippen LogP contribution in [0.1, 0.15) is 70.4 Å². The number of nitrogens with zero attached hydrogens (tertiary/aromatic N) is 1. The fourth-order valence-electron chi connectivity index (χ4n) is 5.89. The molecule has 0 fully saturated rings. The second-order valence-corrected chi connectivity index (χ2v) is 13.3. The molecule has 0 amide bonds. The van der Waals surface area contributed by atoms with E-state index in [-0.39, 0.29) is 17.0 Å². The summed E-state index contributed by atoms with van der Waals surface area (Å²) in [5.41, 5.74) is 3.62. The van der Waals surface area contributed by atoms with Crippen LogP contribution < -0.4 is 5.46 Å². The fraction of sp³-hybridized carbons (Fsp3) is 0.342. The van der Waals surface area contributed by atoms with Crippen molar-refractivity contribution in [1.82, 2.24) is 0 Å². The average Bonchev–Trinajstić information content (AvgIpc) is 3.05. The van der Waals surface area contributed by atoms with Crippen LogP contribution in [0.3, 0.4) is 0 Å². The van der Waals surface area contributed by atoms with Gasteiger partial charge in [0, 0.05) is 11.7 Å². The highest BCUT2D eigenvalue weighted by Crippen LogP contribution is 2.29. The van der Waals surface area contributed by atoms with Crippen LogP contribution in [0.5, 0.6) is 0 Å². The zero-order valence-corrected chi connectivity index (χ0v) is 26.3. The van der Waals surface area contributed by atoms with Gasteiger partial charge in [0.2, 0.25) is 0 Å². The normalized spacial score (nSPS) is 11.0. The van der Waals surface area contributed by atoms with E-state index in [1.165, 1.54) is 72.8 Å². The van der Waals surface area contributed by atoms with Crippen LogP contribution in [0, 0.1) is 11.3 Å². The van der Waals surface area contributed by atoms with Gasteiger partial charge in [-0.1, -0.05) is 138 Å². The van der Waals surface area contributed by atoms with E-state index in [0.29, 0.717) is 5.56 Å². The summed E-state index contributed by atoms with van der Waals surface area (Å²) in [5.74, 6) is 0.958. The predicted molar refractivity (Wildman–Crippen MR) is 183 cm³/mol. The van der Waals surface area contributed by atoms with Crippen molar-refractivity contribution in [2.45, 2.75) is 93.8 Å². The molecule has 4 aromatic rings. The van der Waals surface area contributed by atoms with E-state index in [1.54, 1.807) is 5.46 Å². The predicted octanol–water partition coefficient (Wildman–Crippen LogP) is 10.5. The monoisotopic (exact) mass is 561 g/mol. The third-order valence-electron chi connectivity index (χ3n) is 8.29. The van der Waals surface area contributed by atoms with Crippen molar-refractivity contribution in [3.63, 3.8) is 0 Å². The van der Waals surface area contributed by atoms with Crippen molar-refractivity contribution in [3.05, 3.63) is 126 Å². The Kier molecular flexibility index (Phi) is 14.4. The van der Waals surface area contributed by atoms with Gasteiger partial charge in [0.1, 0.15) is 5.75 Å². The number of nitriles is 1. The SMILES string of the molecule is CCCC[B-](CCCC)(CCCC)c1ccccc1.N#Cc1ccc(C[S+](c2ccccc2)c2ccccc2)cc1. The van der Waals surface area contributed by atoms with Crippen LogP contribution in [0.25, 0.3) is 0 Å². The highest BCUT2D eigenvalue weighted by molar-refractivity contribution is 7.96. The van der Waals surface area contributed by atoms with Crippen molar-refractivity contribution in [2.75, 3.05) is 0 Å². The van der Waals surface area contributed by atoms with Gasteiger partial charge in [-0.25, -0.2) is 5.46 Å². The van der Waals surface area contributed by atoms with Gasteiger partial charge in [-0.3, -0.25) is 0 Å². The molecule has 0 spiro atoms. The molecular weight excluding hydrogens is 513 g/mol. The van der Waals surface area contributed by atoms with Crippen LogP contribution in [-0.4, -0.2) is 6.15 Å². The van der Waals surface area contributed by atoms with Gasteiger partial charge in [0.05, 0.1) is 22.5 Å². The first-order chi connectivity index (χ1) is 20.2. The Balaban J connectivity index is 0.000000229. The van der Waals surface area contributed by atoms with Crippen LogP contribution in [-0.2, 0) is 16.6 Å². The average molecular weight is 562 g/mol. The lowest BCUT2D eigenvalue weighted by Crippen LogP contribution is -2.47. The molecule has 0 aliphatic carbocycles. The fourth-order valence-corrected chi connectivity index (χ4v) is 8.00. The molecule has 4 aromatic carbocycles. The number of hydrogen-bond donors (Lipinski definition) is 0. The topological polar surface area (TPSA) is 23.8 Å². The molecule has 0 atom stereocenters. The molecule has 214 valence electrons. The lowest BCUT2D eigenvalue weighted by Gasteiger charge is -2.41. The third-order valence-corrected chi connectivity index (χ3v) is 10.6. The molecule has 0 aliphatic rings. The molecule has 41 heavy (non-hydrogen) atoms. The number of benzene rings is 4. The number of hydrogen-bond acceptors (Lipinski definition) is 1. The molecular formula is C38H48BNS. The molecule has 4 rings (SSSR count). The summed E-state index contributed by atoms with van der Waals surface area (Å²) < 4.78 is 0. The smallest absolute Gasteiger partial charge is 0.161 e. The van der Waals surface area contributed by atoms with Crippen LogP contribution >= 0.6 is 0 Å². The molecule has 0 bridgehead atoms. The maximum Gasteiger partial charge on any atom is 0.161 e. The Morgan fingerprint density at radius 3 is 1.37 bits per heavy atom. The standard InChI is InChI=1S/C20H16NS.C18H32B/c21-15-17-11-13-18(14-12-17)16-22(19-7-3-1-4-8-19)20-9-5-2-6-10-20;1-4-7-15-19(16-8-5-2,17-9-6-3)18-13-11-10-12-14-18/h1-14H,16H2;10-14H,4-9,15-17H2,1-3H3/q+1;-1. The van der Waals surface area contributed by atoms with Crippen molar-refractivity contribution in [1.29, 1.82) is 5.26 Å². The molecule has 0 N–H and O–H groups in total. The van der Waals surface area contributed by atoms with Crippen molar-refractivity contribution in [3.8, 4) is 6.07 Å². The van der Waals surface area contributed by atoms with Gasteiger partial charge in [0.15, 0.2) is 9.79 Å². The van der Waals surface area contributed by atoms with Crippen molar-refractivity contribution >= 4 is 22.5 Å². The Morgan fingerprint density at radius 1 is 0.561 bits per heavy atom. The molecule has 1 nitrogen and oxygen atoms in total. The molecule has 0 saturated carbocycles. The molecule has 0 radical (unpaired) electrons. The first kappa shape index (κ1) is 32.3. The second-order valence-electron chi connectivity index (χ2n) is 11.3. The van der Waals surface area contributed by atoms with E-state index in [1.807, 2.05) is 12.1 Å². The minimum absolute atomic E-state index is 0.00631. The van der Waals surface area contributed by atoms with Crippen molar-refractivity contribution in [2.24, 2.45) is 0 Å². The van der Waals surface area contributed by atoms with Gasteiger partial charge in [0.25, 0.3) is 0 Å². The minimum Gasteiger partial charge on any atom is -0.210 e. The van der Waals surface area contributed by atoms with Gasteiger partial charge in [-0.2, -0.15) is 24.2 Å². The van der Waals surface area contributed by atoms with E-state index in [4.69, 9.17) is 5.26 Å². The molecule has 0 aromatic heterocycles. The highest BCUT2D eigenvalue weighted by Gasteiger charge is 2.26. The Hall–Kier alpha value is -3.22. The van der Waals surface area contributed by atoms with Crippen LogP contribution in [0.2, 0.25) is 19.0 Å². The van der Waals surface area contributed by atoms with E-state index >= 15 is 0 Å². The maximum atomic E-state index is 8.92. The molecule has 0 unspecified atom stereocenters. The summed E-state index contributed by atoms with van der Waals surface area (Å²) >= 11 is 0. The summed E-state index contributed by atoms with van der Waals surface area (Å²) in [5, 5.41) is 8.92. The highest BCUT2D eigenvalue weighted by atomic mass is 32.2. The minimum atomic E-state index is -0.309. The summed E-state index contributed by atoms with van der Waals surface area (Å²) in [6.07, 6.45) is 12.1. The molecule has 0 aliphatic heterocycles. The van der Waals surface area contributed by atoms with Gasteiger partial charge in [-0.15, -0.1) is 0 Å². The lowest BCUT2D eigenvalue weighted by atomic mass is 9.16. The molecule has 3 heteroatoms. The zero-order chi connectivity index (χ0) is 29.2. The second kappa shape index (κ2) is 18.3. The Morgan fingerprint density at radius 2 is 0.976 bits per heavy atom. The van der Waals surface area contributed by atoms with Gasteiger partial charge >= 0.3 is 0 Å². The third kappa shape index (κ3) is 10.3. The first-order valence-electron chi connectivity index (χ1n) is 15.7. The Labute approximate surface area is 253 Å². The quantitative estimate of drug-likeness (QED) is 0.111. The molecule has 0 saturated heterocycles. The van der Waals surface area contributed by atoms with Gasteiger partial charge < -0.3 is 0 Å². The lowest BCUT2D eigenvalue weighted by molar-refractivity contribution is 0.800. The summed E-state index contributed by atoms with van der Waals surface area (Å²) in [6, 6.07) is 42.7. The first-order valence-corrected chi connectivity index (χ1v) is 17.1.